The lowest BCUT2D eigenvalue weighted by Gasteiger charge is -2.18. The monoisotopic (exact) mass is 407 g/mol. The van der Waals surface area contributed by atoms with Crippen LogP contribution in [0.5, 0.6) is 5.75 Å². The molecule has 3 aromatic carbocycles. The highest BCUT2D eigenvalue weighted by Crippen LogP contribution is 2.25. The van der Waals surface area contributed by atoms with Crippen LogP contribution in [0.25, 0.3) is 0 Å². The molecule has 0 aliphatic carbocycles. The van der Waals surface area contributed by atoms with Gasteiger partial charge in [0.25, 0.3) is 5.91 Å². The van der Waals surface area contributed by atoms with Crippen LogP contribution < -0.4 is 10.1 Å². The summed E-state index contributed by atoms with van der Waals surface area (Å²) in [7, 11) is 0. The SMILES string of the molecule is Cc1ccc(C)c(OC(C)C(=O)Nc2ccc(Cl)cc2C(=O)c2ccccc2)c1. The maximum atomic E-state index is 12.9. The summed E-state index contributed by atoms with van der Waals surface area (Å²) >= 11 is 6.10. The molecular weight excluding hydrogens is 386 g/mol. The van der Waals surface area contributed by atoms with Gasteiger partial charge in [-0.05, 0) is 56.2 Å². The molecule has 4 nitrogen and oxygen atoms in total. The summed E-state index contributed by atoms with van der Waals surface area (Å²) in [5, 5.41) is 3.22. The Balaban J connectivity index is 1.81. The number of hydrogen-bond donors (Lipinski definition) is 1. The summed E-state index contributed by atoms with van der Waals surface area (Å²) in [5.74, 6) is 0.0891. The van der Waals surface area contributed by atoms with Gasteiger partial charge in [0.1, 0.15) is 5.75 Å². The molecule has 0 aliphatic heterocycles. The maximum Gasteiger partial charge on any atom is 0.265 e. The molecule has 1 amide bonds. The first-order valence-corrected chi connectivity index (χ1v) is 9.67. The predicted molar refractivity (Wildman–Crippen MR) is 116 cm³/mol. The molecule has 0 spiro atoms. The second-order valence-electron chi connectivity index (χ2n) is 6.90. The molecule has 0 fully saturated rings. The maximum absolute atomic E-state index is 12.9. The van der Waals surface area contributed by atoms with E-state index in [0.717, 1.165) is 11.1 Å². The zero-order chi connectivity index (χ0) is 21.0. The van der Waals surface area contributed by atoms with Crippen molar-refractivity contribution in [3.8, 4) is 5.75 Å². The van der Waals surface area contributed by atoms with E-state index in [-0.39, 0.29) is 11.7 Å². The predicted octanol–water partition coefficient (Wildman–Crippen LogP) is 5.59. The van der Waals surface area contributed by atoms with E-state index >= 15 is 0 Å². The highest BCUT2D eigenvalue weighted by atomic mass is 35.5. The summed E-state index contributed by atoms with van der Waals surface area (Å²) in [4.78, 5) is 25.6. The number of carbonyl (C=O) groups excluding carboxylic acids is 2. The van der Waals surface area contributed by atoms with Gasteiger partial charge in [-0.15, -0.1) is 0 Å². The lowest BCUT2D eigenvalue weighted by Crippen LogP contribution is -2.31. The molecular formula is C24H22ClNO3. The molecule has 3 rings (SSSR count). The van der Waals surface area contributed by atoms with Gasteiger partial charge in [0.2, 0.25) is 0 Å². The van der Waals surface area contributed by atoms with Crippen LogP contribution in [0.1, 0.15) is 34.0 Å². The van der Waals surface area contributed by atoms with Crippen molar-refractivity contribution in [1.82, 2.24) is 0 Å². The van der Waals surface area contributed by atoms with E-state index in [2.05, 4.69) is 5.32 Å². The Hall–Kier alpha value is -3.11. The molecule has 0 heterocycles. The normalized spacial score (nSPS) is 11.6. The van der Waals surface area contributed by atoms with Crippen molar-refractivity contribution < 1.29 is 14.3 Å². The summed E-state index contributed by atoms with van der Waals surface area (Å²) in [6.45, 7) is 5.56. The van der Waals surface area contributed by atoms with Crippen LogP contribution in [0.4, 0.5) is 5.69 Å². The van der Waals surface area contributed by atoms with E-state index in [1.165, 1.54) is 0 Å². The Labute approximate surface area is 175 Å². The Bertz CT molecular complexity index is 1050. The fraction of sp³-hybridized carbons (Fsp3) is 0.167. The van der Waals surface area contributed by atoms with Gasteiger partial charge in [0.05, 0.1) is 5.69 Å². The van der Waals surface area contributed by atoms with Gasteiger partial charge in [-0.25, -0.2) is 0 Å². The molecule has 0 aliphatic rings. The van der Waals surface area contributed by atoms with Gasteiger partial charge in [0.15, 0.2) is 11.9 Å². The molecule has 1 N–H and O–H groups in total. The molecule has 0 radical (unpaired) electrons. The molecule has 0 saturated carbocycles. The lowest BCUT2D eigenvalue weighted by atomic mass is 10.0. The standard InChI is InChI=1S/C24H22ClNO3/c1-15-9-10-16(2)22(13-15)29-17(3)24(28)26-21-12-11-19(25)14-20(21)23(27)18-7-5-4-6-8-18/h4-14,17H,1-3H3,(H,26,28). The summed E-state index contributed by atoms with van der Waals surface area (Å²) in [6, 6.07) is 19.5. The number of amides is 1. The minimum atomic E-state index is -0.745. The van der Waals surface area contributed by atoms with Crippen molar-refractivity contribution in [2.45, 2.75) is 26.9 Å². The van der Waals surface area contributed by atoms with Crippen molar-refractivity contribution in [1.29, 1.82) is 0 Å². The van der Waals surface area contributed by atoms with Gasteiger partial charge in [-0.2, -0.15) is 0 Å². The topological polar surface area (TPSA) is 55.4 Å². The van der Waals surface area contributed by atoms with Crippen LogP contribution in [0.3, 0.4) is 0 Å². The third-order valence-electron chi connectivity index (χ3n) is 4.54. The smallest absolute Gasteiger partial charge is 0.265 e. The summed E-state index contributed by atoms with van der Waals surface area (Å²) < 4.78 is 5.85. The van der Waals surface area contributed by atoms with E-state index in [4.69, 9.17) is 16.3 Å². The average molecular weight is 408 g/mol. The molecule has 29 heavy (non-hydrogen) atoms. The largest absolute Gasteiger partial charge is 0.481 e. The molecule has 0 saturated heterocycles. The number of carbonyl (C=O) groups is 2. The molecule has 5 heteroatoms. The van der Waals surface area contributed by atoms with Gasteiger partial charge < -0.3 is 10.1 Å². The van der Waals surface area contributed by atoms with Crippen LogP contribution in [0, 0.1) is 13.8 Å². The molecule has 1 atom stereocenters. The van der Waals surface area contributed by atoms with Gasteiger partial charge >= 0.3 is 0 Å². The van der Waals surface area contributed by atoms with E-state index in [1.807, 2.05) is 38.1 Å². The number of hydrogen-bond acceptors (Lipinski definition) is 3. The minimum Gasteiger partial charge on any atom is -0.481 e. The number of aryl methyl sites for hydroxylation is 2. The summed E-state index contributed by atoms with van der Waals surface area (Å²) in [5.41, 5.74) is 3.24. The van der Waals surface area contributed by atoms with Crippen molar-refractivity contribution in [3.63, 3.8) is 0 Å². The van der Waals surface area contributed by atoms with E-state index in [1.54, 1.807) is 49.4 Å². The molecule has 148 valence electrons. The fourth-order valence-corrected chi connectivity index (χ4v) is 3.04. The van der Waals surface area contributed by atoms with Gasteiger partial charge in [0, 0.05) is 16.1 Å². The van der Waals surface area contributed by atoms with Gasteiger partial charge in [-0.1, -0.05) is 54.1 Å². The first-order chi connectivity index (χ1) is 13.8. The number of anilines is 1. The zero-order valence-electron chi connectivity index (χ0n) is 16.5. The van der Waals surface area contributed by atoms with Crippen molar-refractivity contribution >= 4 is 29.0 Å². The average Bonchev–Trinajstić information content (AvgIpc) is 2.72. The van der Waals surface area contributed by atoms with E-state index in [9.17, 15) is 9.59 Å². The van der Waals surface area contributed by atoms with E-state index in [0.29, 0.717) is 27.6 Å². The van der Waals surface area contributed by atoms with Crippen molar-refractivity contribution in [2.75, 3.05) is 5.32 Å². The Kier molecular flexibility index (Phi) is 6.35. The number of ether oxygens (including phenoxy) is 1. The third-order valence-corrected chi connectivity index (χ3v) is 4.77. The molecule has 3 aromatic rings. The highest BCUT2D eigenvalue weighted by Gasteiger charge is 2.20. The number of benzene rings is 3. The number of ketones is 1. The van der Waals surface area contributed by atoms with Crippen LogP contribution in [-0.2, 0) is 4.79 Å². The molecule has 0 bridgehead atoms. The second-order valence-corrected chi connectivity index (χ2v) is 7.34. The number of nitrogens with one attached hydrogen (secondary N) is 1. The first kappa shape index (κ1) is 20.6. The number of rotatable bonds is 6. The Morgan fingerprint density at radius 3 is 2.41 bits per heavy atom. The quantitative estimate of drug-likeness (QED) is 0.541. The highest BCUT2D eigenvalue weighted by molar-refractivity contribution is 6.31. The fourth-order valence-electron chi connectivity index (χ4n) is 2.87. The van der Waals surface area contributed by atoms with Crippen LogP contribution >= 0.6 is 11.6 Å². The van der Waals surface area contributed by atoms with Crippen LogP contribution in [-0.4, -0.2) is 17.8 Å². The van der Waals surface area contributed by atoms with E-state index < -0.39 is 6.10 Å². The Morgan fingerprint density at radius 2 is 1.69 bits per heavy atom. The third kappa shape index (κ3) is 5.04. The molecule has 0 aromatic heterocycles. The first-order valence-electron chi connectivity index (χ1n) is 9.29. The summed E-state index contributed by atoms with van der Waals surface area (Å²) in [6.07, 6.45) is -0.745. The van der Waals surface area contributed by atoms with Crippen LogP contribution in [0.15, 0.2) is 66.7 Å². The zero-order valence-corrected chi connectivity index (χ0v) is 17.3. The minimum absolute atomic E-state index is 0.216. The van der Waals surface area contributed by atoms with Gasteiger partial charge in [-0.3, -0.25) is 9.59 Å². The second kappa shape index (κ2) is 8.93. The lowest BCUT2D eigenvalue weighted by molar-refractivity contribution is -0.122. The Morgan fingerprint density at radius 1 is 0.966 bits per heavy atom. The van der Waals surface area contributed by atoms with Crippen LogP contribution in [0.2, 0.25) is 5.02 Å². The molecule has 1 unspecified atom stereocenters. The van der Waals surface area contributed by atoms with Crippen molar-refractivity contribution in [2.24, 2.45) is 0 Å². The van der Waals surface area contributed by atoms with Crippen molar-refractivity contribution in [3.05, 3.63) is 94.0 Å². The number of halogens is 1.